The first-order chi connectivity index (χ1) is 16.4. The average molecular weight is 488 g/mol. The van der Waals surface area contributed by atoms with E-state index in [1.54, 1.807) is 19.1 Å². The molecule has 1 atom stereocenters. The van der Waals surface area contributed by atoms with E-state index in [0.717, 1.165) is 11.1 Å². The molecule has 3 rings (SSSR count). The molecule has 0 radical (unpaired) electrons. The van der Waals surface area contributed by atoms with Gasteiger partial charge in [-0.25, -0.2) is 8.42 Å². The zero-order valence-corrected chi connectivity index (χ0v) is 20.6. The van der Waals surface area contributed by atoms with E-state index in [9.17, 15) is 18.0 Å². The Morgan fingerprint density at radius 1 is 1.06 bits per heavy atom. The van der Waals surface area contributed by atoms with Gasteiger partial charge in [0, 0.05) is 44.8 Å². The summed E-state index contributed by atoms with van der Waals surface area (Å²) in [6, 6.07) is 13.2. The lowest BCUT2D eigenvalue weighted by atomic mass is 9.92. The van der Waals surface area contributed by atoms with Crippen LogP contribution in [-0.4, -0.2) is 50.8 Å². The molecule has 0 saturated carbocycles. The van der Waals surface area contributed by atoms with Crippen molar-refractivity contribution in [3.63, 3.8) is 0 Å². The Bertz CT molecular complexity index is 1090. The third kappa shape index (κ3) is 6.43. The summed E-state index contributed by atoms with van der Waals surface area (Å²) < 4.78 is 33.9. The van der Waals surface area contributed by atoms with Gasteiger partial charge in [0.15, 0.2) is 0 Å². The number of amides is 2. The van der Waals surface area contributed by atoms with Crippen molar-refractivity contribution < 1.29 is 22.7 Å². The summed E-state index contributed by atoms with van der Waals surface area (Å²) in [6.45, 7) is 5.63. The molecule has 1 heterocycles. The van der Waals surface area contributed by atoms with Crippen LogP contribution in [0.15, 0.2) is 53.4 Å². The number of rotatable bonds is 11. The van der Waals surface area contributed by atoms with Gasteiger partial charge in [0.05, 0.1) is 10.9 Å². The standard InChI is InChI=1S/C25H33N3O5S/c1-3-24(29)27-20-10-12-21(13-11-20)34(31,32)28-16-14-19-8-5-6-9-22(19)23(28)18-25(30)26-15-7-17-33-4-2/h5-6,8-13,23H,3-4,7,14-18H2,1-2H3,(H,26,30)(H,27,29). The van der Waals surface area contributed by atoms with Gasteiger partial charge in [0.1, 0.15) is 0 Å². The molecule has 2 aromatic rings. The summed E-state index contributed by atoms with van der Waals surface area (Å²) in [5, 5.41) is 5.60. The number of sulfonamides is 1. The first kappa shape index (κ1) is 25.9. The highest BCUT2D eigenvalue weighted by molar-refractivity contribution is 7.89. The quantitative estimate of drug-likeness (QED) is 0.474. The lowest BCUT2D eigenvalue weighted by Gasteiger charge is -2.36. The number of ether oxygens (including phenoxy) is 1. The van der Waals surface area contributed by atoms with Crippen molar-refractivity contribution in [1.82, 2.24) is 9.62 Å². The molecule has 2 amide bonds. The fourth-order valence-electron chi connectivity index (χ4n) is 4.02. The Labute approximate surface area is 201 Å². The van der Waals surface area contributed by atoms with Gasteiger partial charge in [-0.15, -0.1) is 0 Å². The Kier molecular flexibility index (Phi) is 9.20. The van der Waals surface area contributed by atoms with Crippen molar-refractivity contribution in [3.8, 4) is 0 Å². The van der Waals surface area contributed by atoms with Gasteiger partial charge in [-0.2, -0.15) is 4.31 Å². The van der Waals surface area contributed by atoms with Crippen LogP contribution in [0.4, 0.5) is 5.69 Å². The minimum absolute atomic E-state index is 0.0372. The van der Waals surface area contributed by atoms with Crippen molar-refractivity contribution >= 4 is 27.5 Å². The van der Waals surface area contributed by atoms with Crippen LogP contribution in [0.1, 0.15) is 50.3 Å². The van der Waals surface area contributed by atoms with E-state index in [4.69, 9.17) is 4.74 Å². The predicted molar refractivity (Wildman–Crippen MR) is 131 cm³/mol. The van der Waals surface area contributed by atoms with Crippen molar-refractivity contribution in [2.24, 2.45) is 0 Å². The molecule has 0 aromatic heterocycles. The number of benzene rings is 2. The van der Waals surface area contributed by atoms with Crippen molar-refractivity contribution in [2.75, 3.05) is 31.6 Å². The third-order valence-electron chi connectivity index (χ3n) is 5.80. The summed E-state index contributed by atoms with van der Waals surface area (Å²) in [5.74, 6) is -0.341. The van der Waals surface area contributed by atoms with Gasteiger partial charge in [-0.1, -0.05) is 31.2 Å². The SMILES string of the molecule is CCOCCCNC(=O)CC1c2ccccc2CCN1S(=O)(=O)c1ccc(NC(=O)CC)cc1. The van der Waals surface area contributed by atoms with Crippen molar-refractivity contribution in [2.45, 2.75) is 50.5 Å². The van der Waals surface area contributed by atoms with Crippen molar-refractivity contribution in [3.05, 3.63) is 59.7 Å². The van der Waals surface area contributed by atoms with E-state index in [2.05, 4.69) is 10.6 Å². The van der Waals surface area contributed by atoms with Gasteiger partial charge >= 0.3 is 0 Å². The lowest BCUT2D eigenvalue weighted by Crippen LogP contribution is -2.42. The molecule has 9 heteroatoms. The molecule has 34 heavy (non-hydrogen) atoms. The molecule has 0 aliphatic carbocycles. The summed E-state index contributed by atoms with van der Waals surface area (Å²) in [4.78, 5) is 24.5. The molecule has 2 aromatic carbocycles. The summed E-state index contributed by atoms with van der Waals surface area (Å²) >= 11 is 0. The molecule has 0 fully saturated rings. The number of carbonyl (C=O) groups is 2. The first-order valence-electron chi connectivity index (χ1n) is 11.7. The molecule has 1 aliphatic rings. The van der Waals surface area contributed by atoms with Gasteiger partial charge in [0.25, 0.3) is 0 Å². The summed E-state index contributed by atoms with van der Waals surface area (Å²) in [7, 11) is -3.86. The number of hydrogen-bond donors (Lipinski definition) is 2. The van der Waals surface area contributed by atoms with Crippen LogP contribution >= 0.6 is 0 Å². The Morgan fingerprint density at radius 2 is 1.79 bits per heavy atom. The summed E-state index contributed by atoms with van der Waals surface area (Å²) in [6.07, 6.45) is 1.65. The van der Waals surface area contributed by atoms with Gasteiger partial charge in [-0.05, 0) is 55.2 Å². The van der Waals surface area contributed by atoms with Crippen LogP contribution in [0.2, 0.25) is 0 Å². The highest BCUT2D eigenvalue weighted by Crippen LogP contribution is 2.36. The fourth-order valence-corrected chi connectivity index (χ4v) is 5.62. The smallest absolute Gasteiger partial charge is 0.243 e. The minimum atomic E-state index is -3.86. The molecule has 1 unspecified atom stereocenters. The monoisotopic (exact) mass is 487 g/mol. The van der Waals surface area contributed by atoms with E-state index in [0.29, 0.717) is 44.7 Å². The predicted octanol–water partition coefficient (Wildman–Crippen LogP) is 3.26. The number of nitrogens with one attached hydrogen (secondary N) is 2. The number of hydrogen-bond acceptors (Lipinski definition) is 5. The minimum Gasteiger partial charge on any atom is -0.382 e. The maximum absolute atomic E-state index is 13.6. The topological polar surface area (TPSA) is 105 Å². The highest BCUT2D eigenvalue weighted by Gasteiger charge is 2.37. The van der Waals surface area contributed by atoms with Gasteiger partial charge < -0.3 is 15.4 Å². The Hall–Kier alpha value is -2.75. The van der Waals surface area contributed by atoms with Crippen LogP contribution in [0.25, 0.3) is 0 Å². The number of fused-ring (bicyclic) bond motifs is 1. The largest absolute Gasteiger partial charge is 0.382 e. The van der Waals surface area contributed by atoms with Crippen LogP contribution in [-0.2, 0) is 30.8 Å². The van der Waals surface area contributed by atoms with E-state index >= 15 is 0 Å². The van der Waals surface area contributed by atoms with E-state index in [-0.39, 0.29) is 29.7 Å². The second kappa shape index (κ2) is 12.1. The zero-order valence-electron chi connectivity index (χ0n) is 19.7. The van der Waals surface area contributed by atoms with Gasteiger partial charge in [0.2, 0.25) is 21.8 Å². The van der Waals surface area contributed by atoms with Gasteiger partial charge in [-0.3, -0.25) is 9.59 Å². The molecule has 0 saturated heterocycles. The molecular formula is C25H33N3O5S. The zero-order chi connectivity index (χ0) is 24.6. The second-order valence-electron chi connectivity index (χ2n) is 8.11. The van der Waals surface area contributed by atoms with Crippen LogP contribution in [0, 0.1) is 0 Å². The third-order valence-corrected chi connectivity index (χ3v) is 7.72. The normalized spacial score (nSPS) is 16.0. The molecule has 1 aliphatic heterocycles. The first-order valence-corrected chi connectivity index (χ1v) is 13.1. The molecular weight excluding hydrogens is 454 g/mol. The second-order valence-corrected chi connectivity index (χ2v) is 10.0. The van der Waals surface area contributed by atoms with E-state index in [1.165, 1.54) is 16.4 Å². The van der Waals surface area contributed by atoms with E-state index < -0.39 is 16.1 Å². The lowest BCUT2D eigenvalue weighted by molar-refractivity contribution is -0.122. The number of anilines is 1. The molecule has 0 bridgehead atoms. The molecule has 8 nitrogen and oxygen atoms in total. The summed E-state index contributed by atoms with van der Waals surface area (Å²) in [5.41, 5.74) is 2.45. The number of carbonyl (C=O) groups excluding carboxylic acids is 2. The maximum atomic E-state index is 13.6. The van der Waals surface area contributed by atoms with Crippen LogP contribution in [0.3, 0.4) is 0 Å². The molecule has 184 valence electrons. The average Bonchev–Trinajstić information content (AvgIpc) is 2.84. The van der Waals surface area contributed by atoms with Crippen LogP contribution in [0.5, 0.6) is 0 Å². The molecule has 0 spiro atoms. The van der Waals surface area contributed by atoms with Crippen molar-refractivity contribution in [1.29, 1.82) is 0 Å². The Morgan fingerprint density at radius 3 is 2.50 bits per heavy atom. The van der Waals surface area contributed by atoms with E-state index in [1.807, 2.05) is 31.2 Å². The molecule has 2 N–H and O–H groups in total. The fraction of sp³-hybridized carbons (Fsp3) is 0.440. The van der Waals surface area contributed by atoms with Crippen LogP contribution < -0.4 is 10.6 Å². The Balaban J connectivity index is 1.80. The highest BCUT2D eigenvalue weighted by atomic mass is 32.2. The maximum Gasteiger partial charge on any atom is 0.243 e. The number of nitrogens with zero attached hydrogens (tertiary/aromatic N) is 1.